The van der Waals surface area contributed by atoms with Crippen LogP contribution in [0.5, 0.6) is 0 Å². The standard InChI is InChI=1S/C18H19N5O2/c1-11-9-12(2)23(21-11)13-7-8-22(10-13)18(25)16-14-5-3-4-6-15(14)17(24)20-19-16/h3-6,9,13H,7-8,10H2,1-2H3,(H,20,24). The smallest absolute Gasteiger partial charge is 0.275 e. The molecule has 1 fully saturated rings. The van der Waals surface area contributed by atoms with Gasteiger partial charge >= 0.3 is 0 Å². The number of aryl methyl sites for hydroxylation is 2. The Morgan fingerprint density at radius 1 is 1.24 bits per heavy atom. The van der Waals surface area contributed by atoms with Gasteiger partial charge < -0.3 is 4.90 Å². The van der Waals surface area contributed by atoms with Crippen LogP contribution in [0.15, 0.2) is 35.1 Å². The average Bonchev–Trinajstić information content (AvgIpc) is 3.21. The van der Waals surface area contributed by atoms with Crippen molar-refractivity contribution in [2.75, 3.05) is 13.1 Å². The van der Waals surface area contributed by atoms with Crippen LogP contribution in [0.3, 0.4) is 0 Å². The fraction of sp³-hybridized carbons (Fsp3) is 0.333. The minimum atomic E-state index is -0.283. The van der Waals surface area contributed by atoms with E-state index in [0.717, 1.165) is 17.8 Å². The largest absolute Gasteiger partial charge is 0.335 e. The maximum Gasteiger partial charge on any atom is 0.275 e. The van der Waals surface area contributed by atoms with Gasteiger partial charge in [-0.15, -0.1) is 0 Å². The number of carbonyl (C=O) groups excluding carboxylic acids is 1. The van der Waals surface area contributed by atoms with Crippen molar-refractivity contribution in [3.8, 4) is 0 Å². The van der Waals surface area contributed by atoms with Crippen molar-refractivity contribution >= 4 is 16.7 Å². The maximum absolute atomic E-state index is 13.0. The molecule has 1 aliphatic rings. The van der Waals surface area contributed by atoms with Crippen LogP contribution in [0.2, 0.25) is 0 Å². The SMILES string of the molecule is Cc1cc(C)n(C2CCN(C(=O)c3n[nH]c(=O)c4ccccc34)C2)n1. The molecule has 0 saturated carbocycles. The van der Waals surface area contributed by atoms with Crippen LogP contribution < -0.4 is 5.56 Å². The first-order valence-corrected chi connectivity index (χ1v) is 8.34. The average molecular weight is 337 g/mol. The molecule has 7 heteroatoms. The van der Waals surface area contributed by atoms with Gasteiger partial charge in [-0.05, 0) is 32.4 Å². The Hall–Kier alpha value is -2.96. The molecule has 0 bridgehead atoms. The molecule has 7 nitrogen and oxygen atoms in total. The zero-order valence-electron chi connectivity index (χ0n) is 14.2. The summed E-state index contributed by atoms with van der Waals surface area (Å²) in [6.07, 6.45) is 0.856. The van der Waals surface area contributed by atoms with Gasteiger partial charge in [0.15, 0.2) is 5.69 Å². The third-order valence-electron chi connectivity index (χ3n) is 4.74. The highest BCUT2D eigenvalue weighted by Gasteiger charge is 2.31. The number of rotatable bonds is 2. The molecule has 0 radical (unpaired) electrons. The van der Waals surface area contributed by atoms with E-state index in [0.29, 0.717) is 29.6 Å². The molecule has 128 valence electrons. The zero-order chi connectivity index (χ0) is 17.6. The molecule has 1 atom stereocenters. The van der Waals surface area contributed by atoms with Gasteiger partial charge in [0.2, 0.25) is 0 Å². The summed E-state index contributed by atoms with van der Waals surface area (Å²) in [4.78, 5) is 26.6. The molecule has 1 saturated heterocycles. The second kappa shape index (κ2) is 5.84. The number of likely N-dealkylation sites (tertiary alicyclic amines) is 1. The van der Waals surface area contributed by atoms with E-state index in [1.165, 1.54) is 0 Å². The van der Waals surface area contributed by atoms with E-state index in [2.05, 4.69) is 15.3 Å². The molecule has 1 N–H and O–H groups in total. The third-order valence-corrected chi connectivity index (χ3v) is 4.74. The minimum Gasteiger partial charge on any atom is -0.335 e. The number of aromatic nitrogens is 4. The van der Waals surface area contributed by atoms with Gasteiger partial charge in [0.25, 0.3) is 11.5 Å². The van der Waals surface area contributed by atoms with Crippen LogP contribution in [0.1, 0.15) is 34.3 Å². The summed E-state index contributed by atoms with van der Waals surface area (Å²) in [5.41, 5.74) is 2.10. The normalized spacial score (nSPS) is 17.4. The highest BCUT2D eigenvalue weighted by atomic mass is 16.2. The lowest BCUT2D eigenvalue weighted by molar-refractivity contribution is 0.0782. The Kier molecular flexibility index (Phi) is 3.63. The van der Waals surface area contributed by atoms with Gasteiger partial charge in [-0.2, -0.15) is 10.2 Å². The van der Waals surface area contributed by atoms with Crippen LogP contribution >= 0.6 is 0 Å². The highest BCUT2D eigenvalue weighted by molar-refractivity contribution is 6.04. The van der Waals surface area contributed by atoms with Crippen LogP contribution in [0, 0.1) is 13.8 Å². The molecule has 4 rings (SSSR count). The summed E-state index contributed by atoms with van der Waals surface area (Å²) >= 11 is 0. The lowest BCUT2D eigenvalue weighted by Crippen LogP contribution is -2.31. The lowest BCUT2D eigenvalue weighted by atomic mass is 10.1. The van der Waals surface area contributed by atoms with Crippen molar-refractivity contribution in [3.63, 3.8) is 0 Å². The van der Waals surface area contributed by atoms with Gasteiger partial charge in [-0.25, -0.2) is 5.10 Å². The quantitative estimate of drug-likeness (QED) is 0.773. The maximum atomic E-state index is 13.0. The number of nitrogens with zero attached hydrogens (tertiary/aromatic N) is 4. The zero-order valence-corrected chi connectivity index (χ0v) is 14.2. The van der Waals surface area contributed by atoms with Crippen LogP contribution in [-0.4, -0.2) is 43.9 Å². The van der Waals surface area contributed by atoms with Crippen LogP contribution in [-0.2, 0) is 0 Å². The summed E-state index contributed by atoms with van der Waals surface area (Å²) in [6.45, 7) is 5.24. The molecular weight excluding hydrogens is 318 g/mol. The first-order valence-electron chi connectivity index (χ1n) is 8.34. The number of H-pyrrole nitrogens is 1. The predicted molar refractivity (Wildman–Crippen MR) is 93.6 cm³/mol. The number of benzene rings is 1. The van der Waals surface area contributed by atoms with Gasteiger partial charge in [-0.1, -0.05) is 18.2 Å². The van der Waals surface area contributed by atoms with Crippen molar-refractivity contribution in [1.29, 1.82) is 0 Å². The van der Waals surface area contributed by atoms with Gasteiger partial charge in [0.1, 0.15) is 0 Å². The van der Waals surface area contributed by atoms with E-state index in [-0.39, 0.29) is 17.5 Å². The highest BCUT2D eigenvalue weighted by Crippen LogP contribution is 2.25. The Balaban J connectivity index is 1.64. The van der Waals surface area contributed by atoms with Crippen molar-refractivity contribution in [2.24, 2.45) is 0 Å². The molecule has 3 heterocycles. The number of aromatic amines is 1. The Morgan fingerprint density at radius 2 is 2.00 bits per heavy atom. The second-order valence-corrected chi connectivity index (χ2v) is 6.51. The van der Waals surface area contributed by atoms with Gasteiger partial charge in [0, 0.05) is 24.2 Å². The number of hydrogen-bond acceptors (Lipinski definition) is 4. The van der Waals surface area contributed by atoms with E-state index in [9.17, 15) is 9.59 Å². The summed E-state index contributed by atoms with van der Waals surface area (Å²) < 4.78 is 2.00. The van der Waals surface area contributed by atoms with Gasteiger partial charge in [0.05, 0.1) is 17.1 Å². The van der Waals surface area contributed by atoms with Crippen LogP contribution in [0.25, 0.3) is 10.8 Å². The Bertz CT molecular complexity index is 1020. The summed E-state index contributed by atoms with van der Waals surface area (Å²) in [7, 11) is 0. The molecule has 25 heavy (non-hydrogen) atoms. The van der Waals surface area contributed by atoms with Crippen molar-refractivity contribution in [2.45, 2.75) is 26.3 Å². The third kappa shape index (κ3) is 2.61. The molecule has 1 aliphatic heterocycles. The van der Waals surface area contributed by atoms with E-state index in [1.807, 2.05) is 30.7 Å². The fourth-order valence-electron chi connectivity index (χ4n) is 3.57. The monoisotopic (exact) mass is 337 g/mol. The van der Waals surface area contributed by atoms with Crippen molar-refractivity contribution in [3.05, 3.63) is 57.8 Å². The van der Waals surface area contributed by atoms with E-state index < -0.39 is 0 Å². The lowest BCUT2D eigenvalue weighted by Gasteiger charge is -2.17. The number of carbonyl (C=O) groups is 1. The number of nitrogens with one attached hydrogen (secondary N) is 1. The molecule has 0 spiro atoms. The molecule has 3 aromatic rings. The first kappa shape index (κ1) is 15.6. The molecule has 0 aliphatic carbocycles. The molecule has 2 aromatic heterocycles. The predicted octanol–water partition coefficient (Wildman–Crippen LogP) is 1.82. The topological polar surface area (TPSA) is 83.9 Å². The molecule has 1 amide bonds. The molecule has 1 aromatic carbocycles. The number of amides is 1. The number of hydrogen-bond donors (Lipinski definition) is 1. The van der Waals surface area contributed by atoms with E-state index in [4.69, 9.17) is 0 Å². The first-order chi connectivity index (χ1) is 12.0. The summed E-state index contributed by atoms with van der Waals surface area (Å²) in [5.74, 6) is -0.156. The van der Waals surface area contributed by atoms with E-state index in [1.54, 1.807) is 23.1 Å². The van der Waals surface area contributed by atoms with Crippen molar-refractivity contribution in [1.82, 2.24) is 24.9 Å². The second-order valence-electron chi connectivity index (χ2n) is 6.51. The number of fused-ring (bicyclic) bond motifs is 1. The van der Waals surface area contributed by atoms with Gasteiger partial charge in [-0.3, -0.25) is 14.3 Å². The van der Waals surface area contributed by atoms with Crippen LogP contribution in [0.4, 0.5) is 0 Å². The molecule has 1 unspecified atom stereocenters. The molecular formula is C18H19N5O2. The minimum absolute atomic E-state index is 0.156. The van der Waals surface area contributed by atoms with E-state index >= 15 is 0 Å². The Morgan fingerprint density at radius 3 is 2.72 bits per heavy atom. The Labute approximate surface area is 144 Å². The fourth-order valence-corrected chi connectivity index (χ4v) is 3.57. The van der Waals surface area contributed by atoms with Crippen molar-refractivity contribution < 1.29 is 4.79 Å². The summed E-state index contributed by atoms with van der Waals surface area (Å²) in [5, 5.41) is 12.1. The summed E-state index contributed by atoms with van der Waals surface area (Å²) in [6, 6.07) is 9.27.